The maximum absolute atomic E-state index is 10.8. The number of sulfonamides is 2. The third kappa shape index (κ3) is 8.70. The van der Waals surface area contributed by atoms with Crippen LogP contribution >= 0.6 is 11.6 Å². The first kappa shape index (κ1) is 14.1. The van der Waals surface area contributed by atoms with Crippen LogP contribution in [0.2, 0.25) is 0 Å². The Labute approximate surface area is 89.1 Å². The summed E-state index contributed by atoms with van der Waals surface area (Å²) in [7, 11) is -6.60. The zero-order valence-electron chi connectivity index (χ0n) is 7.66. The standard InChI is InChI=1S/C5H13ClN2O4S2/c1-13(9,10)7-3-2-4-8-14(11,12)5-6/h7-8H,2-5H2,1H3. The highest BCUT2D eigenvalue weighted by Gasteiger charge is 2.06. The van der Waals surface area contributed by atoms with Crippen LogP contribution in [0.15, 0.2) is 0 Å². The van der Waals surface area contributed by atoms with Gasteiger partial charge in [-0.25, -0.2) is 26.3 Å². The number of hydrogen-bond donors (Lipinski definition) is 2. The Morgan fingerprint density at radius 3 is 2.00 bits per heavy atom. The highest BCUT2D eigenvalue weighted by molar-refractivity contribution is 7.90. The van der Waals surface area contributed by atoms with E-state index in [1.54, 1.807) is 0 Å². The lowest BCUT2D eigenvalue weighted by molar-refractivity contribution is 0.578. The van der Waals surface area contributed by atoms with Crippen molar-refractivity contribution in [2.24, 2.45) is 0 Å². The lowest BCUT2D eigenvalue weighted by atomic mass is 10.4. The molecule has 0 aliphatic carbocycles. The first-order chi connectivity index (χ1) is 6.27. The maximum atomic E-state index is 10.8. The summed E-state index contributed by atoms with van der Waals surface area (Å²) in [6.07, 6.45) is 1.42. The minimum Gasteiger partial charge on any atom is -0.215 e. The van der Waals surface area contributed by atoms with E-state index in [0.29, 0.717) is 6.42 Å². The Balaban J connectivity index is 3.59. The minimum absolute atomic E-state index is 0.164. The highest BCUT2D eigenvalue weighted by atomic mass is 35.5. The van der Waals surface area contributed by atoms with E-state index < -0.39 is 25.3 Å². The Hall–Kier alpha value is 0.110. The molecule has 0 rings (SSSR count). The van der Waals surface area contributed by atoms with Gasteiger partial charge in [-0.15, -0.1) is 11.6 Å². The molecule has 0 spiro atoms. The number of hydrogen-bond acceptors (Lipinski definition) is 4. The molecule has 2 N–H and O–H groups in total. The molecule has 0 heterocycles. The number of halogens is 1. The Morgan fingerprint density at radius 2 is 1.57 bits per heavy atom. The van der Waals surface area contributed by atoms with E-state index in [9.17, 15) is 16.8 Å². The van der Waals surface area contributed by atoms with Gasteiger partial charge in [0.15, 0.2) is 0 Å². The minimum atomic E-state index is -3.40. The van der Waals surface area contributed by atoms with Crippen molar-refractivity contribution in [2.45, 2.75) is 6.42 Å². The number of rotatable bonds is 7. The molecule has 0 unspecified atom stereocenters. The zero-order chi connectivity index (χ0) is 11.2. The predicted octanol–water partition coefficient (Wildman–Crippen LogP) is -0.959. The van der Waals surface area contributed by atoms with Gasteiger partial charge in [0.1, 0.15) is 5.21 Å². The second-order valence-corrected chi connectivity index (χ2v) is 6.86. The van der Waals surface area contributed by atoms with Crippen LogP contribution in [0.4, 0.5) is 0 Å². The van der Waals surface area contributed by atoms with Crippen molar-refractivity contribution >= 4 is 31.6 Å². The van der Waals surface area contributed by atoms with E-state index in [1.165, 1.54) is 0 Å². The molecule has 0 saturated heterocycles. The first-order valence-electron chi connectivity index (χ1n) is 3.75. The number of alkyl halides is 1. The van der Waals surface area contributed by atoms with E-state index in [4.69, 9.17) is 11.6 Å². The average molecular weight is 265 g/mol. The third-order valence-electron chi connectivity index (χ3n) is 1.18. The summed E-state index contributed by atoms with van der Waals surface area (Å²) in [6.45, 7) is 0.362. The van der Waals surface area contributed by atoms with E-state index in [2.05, 4.69) is 9.44 Å². The fraction of sp³-hybridized carbons (Fsp3) is 1.00. The summed E-state index contributed by atoms with van der Waals surface area (Å²) in [5.41, 5.74) is 0. The van der Waals surface area contributed by atoms with Crippen molar-refractivity contribution in [2.75, 3.05) is 24.6 Å². The molecule has 0 aliphatic heterocycles. The molecule has 0 saturated carbocycles. The fourth-order valence-electron chi connectivity index (χ4n) is 0.612. The fourth-order valence-corrected chi connectivity index (χ4v) is 1.89. The molecule has 9 heteroatoms. The lowest BCUT2D eigenvalue weighted by Gasteiger charge is -2.03. The van der Waals surface area contributed by atoms with Gasteiger partial charge in [0, 0.05) is 13.1 Å². The van der Waals surface area contributed by atoms with Gasteiger partial charge in [0.2, 0.25) is 20.0 Å². The van der Waals surface area contributed by atoms with E-state index in [-0.39, 0.29) is 13.1 Å². The summed E-state index contributed by atoms with van der Waals surface area (Å²) >= 11 is 5.12. The van der Waals surface area contributed by atoms with Crippen LogP contribution < -0.4 is 9.44 Å². The maximum Gasteiger partial charge on any atom is 0.225 e. The van der Waals surface area contributed by atoms with Gasteiger partial charge in [-0.1, -0.05) is 0 Å². The Morgan fingerprint density at radius 1 is 1.07 bits per heavy atom. The molecule has 0 aromatic carbocycles. The van der Waals surface area contributed by atoms with Crippen LogP contribution in [0.3, 0.4) is 0 Å². The molecule has 6 nitrogen and oxygen atoms in total. The van der Waals surface area contributed by atoms with Gasteiger partial charge in [-0.3, -0.25) is 0 Å². The van der Waals surface area contributed by atoms with E-state index in [0.717, 1.165) is 6.26 Å². The molecule has 0 bridgehead atoms. The second-order valence-electron chi connectivity index (χ2n) is 2.64. The molecule has 0 aromatic rings. The van der Waals surface area contributed by atoms with Gasteiger partial charge in [-0.2, -0.15) is 0 Å². The summed E-state index contributed by atoms with van der Waals surface area (Å²) < 4.78 is 47.1. The smallest absolute Gasteiger partial charge is 0.215 e. The molecule has 0 aromatic heterocycles. The van der Waals surface area contributed by atoms with Crippen LogP contribution in [0, 0.1) is 0 Å². The SMILES string of the molecule is CS(=O)(=O)NCCCNS(=O)(=O)CCl. The highest BCUT2D eigenvalue weighted by Crippen LogP contribution is 1.88. The van der Waals surface area contributed by atoms with Crippen LogP contribution in [-0.4, -0.2) is 41.4 Å². The summed E-state index contributed by atoms with van der Waals surface area (Å²) in [5.74, 6) is 0. The molecule has 0 radical (unpaired) electrons. The summed E-state index contributed by atoms with van der Waals surface area (Å²) in [4.78, 5) is 0. The van der Waals surface area contributed by atoms with Crippen molar-refractivity contribution in [1.29, 1.82) is 0 Å². The summed E-state index contributed by atoms with van der Waals surface area (Å²) in [6, 6.07) is 0. The van der Waals surface area contributed by atoms with Crippen molar-refractivity contribution in [3.05, 3.63) is 0 Å². The molecule has 0 amide bonds. The van der Waals surface area contributed by atoms with Crippen LogP contribution in [0.1, 0.15) is 6.42 Å². The third-order valence-corrected chi connectivity index (χ3v) is 3.71. The normalized spacial score (nSPS) is 13.0. The van der Waals surface area contributed by atoms with Crippen molar-refractivity contribution in [3.63, 3.8) is 0 Å². The topological polar surface area (TPSA) is 92.3 Å². The molecule has 0 fully saturated rings. The van der Waals surface area contributed by atoms with Crippen molar-refractivity contribution < 1.29 is 16.8 Å². The molecule has 14 heavy (non-hydrogen) atoms. The van der Waals surface area contributed by atoms with Crippen LogP contribution in [0.5, 0.6) is 0 Å². The molecular formula is C5H13ClN2O4S2. The van der Waals surface area contributed by atoms with Gasteiger partial charge in [0.25, 0.3) is 0 Å². The van der Waals surface area contributed by atoms with Crippen LogP contribution in [0.25, 0.3) is 0 Å². The molecular weight excluding hydrogens is 252 g/mol. The van der Waals surface area contributed by atoms with Crippen LogP contribution in [-0.2, 0) is 20.0 Å². The average Bonchev–Trinajstić information content (AvgIpc) is 2.01. The monoisotopic (exact) mass is 264 g/mol. The summed E-state index contributed by atoms with van der Waals surface area (Å²) in [5, 5.41) is -0.494. The van der Waals surface area contributed by atoms with E-state index in [1.807, 2.05) is 0 Å². The van der Waals surface area contributed by atoms with Crippen molar-refractivity contribution in [3.8, 4) is 0 Å². The molecule has 86 valence electrons. The largest absolute Gasteiger partial charge is 0.225 e. The zero-order valence-corrected chi connectivity index (χ0v) is 10.0. The van der Waals surface area contributed by atoms with Gasteiger partial charge < -0.3 is 0 Å². The van der Waals surface area contributed by atoms with E-state index >= 15 is 0 Å². The first-order valence-corrected chi connectivity index (χ1v) is 7.82. The van der Waals surface area contributed by atoms with Crippen molar-refractivity contribution in [1.82, 2.24) is 9.44 Å². The predicted molar refractivity (Wildman–Crippen MR) is 55.1 cm³/mol. The molecule has 0 aliphatic rings. The second kappa shape index (κ2) is 5.86. The van der Waals surface area contributed by atoms with Gasteiger partial charge in [-0.05, 0) is 6.42 Å². The van der Waals surface area contributed by atoms with Gasteiger partial charge >= 0.3 is 0 Å². The Kier molecular flexibility index (Phi) is 5.91. The van der Waals surface area contributed by atoms with Gasteiger partial charge in [0.05, 0.1) is 6.26 Å². The lowest BCUT2D eigenvalue weighted by Crippen LogP contribution is -2.29. The quantitative estimate of drug-likeness (QED) is 0.458. The number of nitrogens with one attached hydrogen (secondary N) is 2. The molecule has 0 atom stereocenters. The Bertz CT molecular complexity index is 350.